The van der Waals surface area contributed by atoms with Crippen molar-refractivity contribution in [1.82, 2.24) is 15.5 Å². The summed E-state index contributed by atoms with van der Waals surface area (Å²) in [4.78, 5) is 12.6. The maximum Gasteiger partial charge on any atom is 0.255 e. The number of rotatable bonds is 4. The van der Waals surface area contributed by atoms with E-state index in [-0.39, 0.29) is 5.91 Å². The van der Waals surface area contributed by atoms with Crippen LogP contribution in [0.5, 0.6) is 0 Å². The maximum absolute atomic E-state index is 14.0. The average molecular weight is 351 g/mol. The molecule has 0 unspecified atom stereocenters. The molecule has 4 rings (SSSR count). The van der Waals surface area contributed by atoms with E-state index in [4.69, 9.17) is 0 Å². The molecule has 0 aliphatic carbocycles. The predicted molar refractivity (Wildman–Crippen MR) is 97.0 cm³/mol. The van der Waals surface area contributed by atoms with Crippen molar-refractivity contribution in [2.75, 3.05) is 0 Å². The number of H-pyrrole nitrogens is 1. The number of carbonyl (C=O) groups is 1. The Kier molecular flexibility index (Phi) is 4.03. The summed E-state index contributed by atoms with van der Waals surface area (Å²) in [6.45, 7) is 0.401. The molecule has 25 heavy (non-hydrogen) atoms. The molecule has 6 heteroatoms. The van der Waals surface area contributed by atoms with Gasteiger partial charge in [-0.1, -0.05) is 30.3 Å². The van der Waals surface area contributed by atoms with E-state index >= 15 is 0 Å². The van der Waals surface area contributed by atoms with E-state index in [0.717, 1.165) is 15.6 Å². The number of hydrogen-bond donors (Lipinski definition) is 2. The highest BCUT2D eigenvalue weighted by atomic mass is 32.1. The van der Waals surface area contributed by atoms with Crippen LogP contribution >= 0.6 is 11.3 Å². The molecule has 0 radical (unpaired) electrons. The van der Waals surface area contributed by atoms with Gasteiger partial charge in [-0.15, -0.1) is 11.3 Å². The number of nitrogens with one attached hydrogen (secondary N) is 2. The molecule has 2 heterocycles. The first-order chi connectivity index (χ1) is 12.2. The fourth-order valence-electron chi connectivity index (χ4n) is 2.79. The number of fused-ring (bicyclic) bond motifs is 1. The molecule has 0 spiro atoms. The second kappa shape index (κ2) is 6.49. The fraction of sp³-hybridized carbons (Fsp3) is 0.0526. The third-order valence-electron chi connectivity index (χ3n) is 4.03. The quantitative estimate of drug-likeness (QED) is 0.574. The van der Waals surface area contributed by atoms with Crippen molar-refractivity contribution in [2.24, 2.45) is 0 Å². The number of aromatic amines is 1. The summed E-state index contributed by atoms with van der Waals surface area (Å²) in [5.41, 5.74) is 2.08. The number of hydrogen-bond acceptors (Lipinski definition) is 3. The van der Waals surface area contributed by atoms with Gasteiger partial charge in [0.05, 0.1) is 17.5 Å². The summed E-state index contributed by atoms with van der Waals surface area (Å²) in [5, 5.41) is 12.7. The van der Waals surface area contributed by atoms with Crippen molar-refractivity contribution in [3.63, 3.8) is 0 Å². The summed E-state index contributed by atoms with van der Waals surface area (Å²) < 4.78 is 15.2. The van der Waals surface area contributed by atoms with Gasteiger partial charge in [0.2, 0.25) is 0 Å². The zero-order valence-corrected chi connectivity index (χ0v) is 13.9. The van der Waals surface area contributed by atoms with Gasteiger partial charge in [0.25, 0.3) is 5.91 Å². The Labute approximate surface area is 147 Å². The number of carbonyl (C=O) groups excluding carboxylic acids is 1. The molecule has 4 aromatic rings. The van der Waals surface area contributed by atoms with Gasteiger partial charge >= 0.3 is 0 Å². The van der Waals surface area contributed by atoms with Gasteiger partial charge in [-0.3, -0.25) is 9.89 Å². The van der Waals surface area contributed by atoms with Crippen LogP contribution in [0.25, 0.3) is 21.3 Å². The van der Waals surface area contributed by atoms with Crippen LogP contribution in [0.4, 0.5) is 4.39 Å². The van der Waals surface area contributed by atoms with E-state index in [1.165, 1.54) is 12.3 Å². The second-order valence-corrected chi connectivity index (χ2v) is 6.49. The fourth-order valence-corrected chi connectivity index (χ4v) is 3.71. The summed E-state index contributed by atoms with van der Waals surface area (Å²) in [6.07, 6.45) is 1.42. The Morgan fingerprint density at radius 1 is 1.16 bits per heavy atom. The number of nitrogens with zero attached hydrogens (tertiary/aromatic N) is 1. The van der Waals surface area contributed by atoms with E-state index in [9.17, 15) is 9.18 Å². The third kappa shape index (κ3) is 2.92. The van der Waals surface area contributed by atoms with Crippen LogP contribution < -0.4 is 5.32 Å². The minimum atomic E-state index is -0.399. The SMILES string of the molecule is O=C(NCc1cccc2ccsc12)c1cn[nH]c1-c1ccccc1F. The van der Waals surface area contributed by atoms with Crippen molar-refractivity contribution >= 4 is 27.3 Å². The van der Waals surface area contributed by atoms with Gasteiger partial charge in [-0.05, 0) is 34.5 Å². The minimum absolute atomic E-state index is 0.291. The number of amides is 1. The lowest BCUT2D eigenvalue weighted by Gasteiger charge is -2.07. The number of halogens is 1. The van der Waals surface area contributed by atoms with E-state index in [2.05, 4.69) is 21.6 Å². The molecule has 0 bridgehead atoms. The Bertz CT molecular complexity index is 1050. The van der Waals surface area contributed by atoms with Crippen LogP contribution in [-0.2, 0) is 6.54 Å². The highest BCUT2D eigenvalue weighted by Gasteiger charge is 2.17. The largest absolute Gasteiger partial charge is 0.348 e. The predicted octanol–water partition coefficient (Wildman–Crippen LogP) is 4.36. The molecule has 2 aromatic carbocycles. The highest BCUT2D eigenvalue weighted by Crippen LogP contribution is 2.26. The zero-order chi connectivity index (χ0) is 17.2. The number of thiophene rings is 1. The number of aromatic nitrogens is 2. The van der Waals surface area contributed by atoms with Crippen molar-refractivity contribution in [2.45, 2.75) is 6.54 Å². The Hall–Kier alpha value is -2.99. The van der Waals surface area contributed by atoms with Crippen molar-refractivity contribution in [3.8, 4) is 11.3 Å². The molecule has 2 aromatic heterocycles. The van der Waals surface area contributed by atoms with Crippen LogP contribution in [0.15, 0.2) is 60.1 Å². The first-order valence-corrected chi connectivity index (χ1v) is 8.63. The molecule has 0 saturated heterocycles. The lowest BCUT2D eigenvalue weighted by atomic mass is 10.1. The lowest BCUT2D eigenvalue weighted by Crippen LogP contribution is -2.23. The third-order valence-corrected chi connectivity index (χ3v) is 5.03. The summed E-state index contributed by atoms with van der Waals surface area (Å²) in [5.74, 6) is -0.690. The van der Waals surface area contributed by atoms with Gasteiger partial charge in [-0.2, -0.15) is 5.10 Å². The van der Waals surface area contributed by atoms with Crippen molar-refractivity contribution in [3.05, 3.63) is 77.1 Å². The summed E-state index contributed by atoms with van der Waals surface area (Å²) >= 11 is 1.65. The lowest BCUT2D eigenvalue weighted by molar-refractivity contribution is 0.0952. The second-order valence-electron chi connectivity index (χ2n) is 5.58. The molecule has 124 valence electrons. The van der Waals surface area contributed by atoms with Crippen LogP contribution in [0, 0.1) is 5.82 Å². The first kappa shape index (κ1) is 15.5. The van der Waals surface area contributed by atoms with E-state index in [0.29, 0.717) is 23.4 Å². The first-order valence-electron chi connectivity index (χ1n) is 7.75. The van der Waals surface area contributed by atoms with E-state index in [1.54, 1.807) is 29.5 Å². The van der Waals surface area contributed by atoms with Crippen LogP contribution in [0.2, 0.25) is 0 Å². The molecule has 0 saturated carbocycles. The molecule has 0 fully saturated rings. The van der Waals surface area contributed by atoms with Gasteiger partial charge in [0.1, 0.15) is 5.82 Å². The zero-order valence-electron chi connectivity index (χ0n) is 13.1. The smallest absolute Gasteiger partial charge is 0.255 e. The summed E-state index contributed by atoms with van der Waals surface area (Å²) in [6, 6.07) is 14.4. The van der Waals surface area contributed by atoms with Crippen LogP contribution in [0.3, 0.4) is 0 Å². The molecule has 2 N–H and O–H groups in total. The van der Waals surface area contributed by atoms with Gasteiger partial charge in [0, 0.05) is 16.8 Å². The number of benzene rings is 2. The molecular weight excluding hydrogens is 337 g/mol. The molecule has 0 atom stereocenters. The topological polar surface area (TPSA) is 57.8 Å². The Morgan fingerprint density at radius 3 is 2.92 bits per heavy atom. The maximum atomic E-state index is 14.0. The van der Waals surface area contributed by atoms with Gasteiger partial charge in [0.15, 0.2) is 0 Å². The standard InChI is InChI=1S/C19H14FN3OS/c20-16-7-2-1-6-14(16)17-15(11-22-23-17)19(24)21-10-13-5-3-4-12-8-9-25-18(12)13/h1-9,11H,10H2,(H,21,24)(H,22,23). The van der Waals surface area contributed by atoms with E-state index in [1.807, 2.05) is 23.6 Å². The van der Waals surface area contributed by atoms with Crippen molar-refractivity contribution < 1.29 is 9.18 Å². The van der Waals surface area contributed by atoms with E-state index < -0.39 is 5.82 Å². The molecule has 0 aliphatic heterocycles. The summed E-state index contributed by atoms with van der Waals surface area (Å²) in [7, 11) is 0. The Balaban J connectivity index is 1.58. The highest BCUT2D eigenvalue weighted by molar-refractivity contribution is 7.17. The molecule has 4 nitrogen and oxygen atoms in total. The molecule has 0 aliphatic rings. The van der Waals surface area contributed by atoms with Gasteiger partial charge in [-0.25, -0.2) is 4.39 Å². The van der Waals surface area contributed by atoms with Gasteiger partial charge < -0.3 is 5.32 Å². The molecular formula is C19H14FN3OS. The monoisotopic (exact) mass is 351 g/mol. The molecule has 1 amide bonds. The van der Waals surface area contributed by atoms with Crippen LogP contribution in [-0.4, -0.2) is 16.1 Å². The minimum Gasteiger partial charge on any atom is -0.348 e. The normalized spacial score (nSPS) is 10.9. The van der Waals surface area contributed by atoms with Crippen molar-refractivity contribution in [1.29, 1.82) is 0 Å². The average Bonchev–Trinajstić information content (AvgIpc) is 3.29. The van der Waals surface area contributed by atoms with Crippen LogP contribution in [0.1, 0.15) is 15.9 Å². The Morgan fingerprint density at radius 2 is 2.04 bits per heavy atom.